The van der Waals surface area contributed by atoms with Crippen molar-refractivity contribution < 1.29 is 8.83 Å². The third-order valence-electron chi connectivity index (χ3n) is 4.86. The SMILES string of the molecule is Cc1cc(-c2nnc(CN3CCN(Cc4cccc(Cl)c4)CC3)o2)c(C)o1. The Labute approximate surface area is 163 Å². The van der Waals surface area contributed by atoms with Gasteiger partial charge in [0.25, 0.3) is 5.89 Å². The summed E-state index contributed by atoms with van der Waals surface area (Å²) < 4.78 is 11.4. The van der Waals surface area contributed by atoms with Crippen LogP contribution in [0.5, 0.6) is 0 Å². The fraction of sp³-hybridized carbons (Fsp3) is 0.400. The van der Waals surface area contributed by atoms with E-state index in [1.54, 1.807) is 0 Å². The van der Waals surface area contributed by atoms with Crippen molar-refractivity contribution in [3.05, 3.63) is 58.3 Å². The molecule has 0 saturated carbocycles. The standard InChI is InChI=1S/C20H23ClN4O2/c1-14-10-18(15(2)26-14)20-23-22-19(27-20)13-25-8-6-24(7-9-25)12-16-4-3-5-17(21)11-16/h3-5,10-11H,6-9,12-13H2,1-2H3. The van der Waals surface area contributed by atoms with Gasteiger partial charge in [-0.25, -0.2) is 0 Å². The second-order valence-electron chi connectivity index (χ2n) is 7.01. The van der Waals surface area contributed by atoms with Crippen LogP contribution in [0.15, 0.2) is 39.2 Å². The summed E-state index contributed by atoms with van der Waals surface area (Å²) >= 11 is 6.08. The van der Waals surface area contributed by atoms with Crippen molar-refractivity contribution in [3.8, 4) is 11.5 Å². The Balaban J connectivity index is 1.31. The molecule has 0 radical (unpaired) electrons. The van der Waals surface area contributed by atoms with Gasteiger partial charge >= 0.3 is 0 Å². The quantitative estimate of drug-likeness (QED) is 0.662. The lowest BCUT2D eigenvalue weighted by atomic mass is 10.2. The zero-order valence-electron chi connectivity index (χ0n) is 15.6. The number of hydrogen-bond acceptors (Lipinski definition) is 6. The summed E-state index contributed by atoms with van der Waals surface area (Å²) in [5.41, 5.74) is 2.13. The van der Waals surface area contributed by atoms with Crippen LogP contribution in [-0.4, -0.2) is 46.2 Å². The van der Waals surface area contributed by atoms with E-state index in [1.165, 1.54) is 5.56 Å². The van der Waals surface area contributed by atoms with Gasteiger partial charge in [-0.05, 0) is 37.6 Å². The number of halogens is 1. The average molecular weight is 387 g/mol. The Hall–Kier alpha value is -2.15. The van der Waals surface area contributed by atoms with Crippen molar-refractivity contribution >= 4 is 11.6 Å². The molecule has 0 atom stereocenters. The first-order valence-electron chi connectivity index (χ1n) is 9.16. The van der Waals surface area contributed by atoms with Gasteiger partial charge in [-0.3, -0.25) is 9.80 Å². The number of hydrogen-bond donors (Lipinski definition) is 0. The highest BCUT2D eigenvalue weighted by atomic mass is 35.5. The molecule has 3 heterocycles. The molecule has 1 saturated heterocycles. The van der Waals surface area contributed by atoms with Crippen LogP contribution in [-0.2, 0) is 13.1 Å². The van der Waals surface area contributed by atoms with Gasteiger partial charge in [-0.2, -0.15) is 0 Å². The molecule has 7 heteroatoms. The minimum Gasteiger partial charge on any atom is -0.466 e. The molecule has 4 rings (SSSR count). The number of furan rings is 1. The lowest BCUT2D eigenvalue weighted by Crippen LogP contribution is -2.45. The highest BCUT2D eigenvalue weighted by Gasteiger charge is 2.20. The number of aryl methyl sites for hydroxylation is 2. The summed E-state index contributed by atoms with van der Waals surface area (Å²) in [6.45, 7) is 9.39. The van der Waals surface area contributed by atoms with E-state index in [-0.39, 0.29) is 0 Å². The predicted octanol–water partition coefficient (Wildman–Crippen LogP) is 3.92. The molecular weight excluding hydrogens is 364 g/mol. The fourth-order valence-electron chi connectivity index (χ4n) is 3.46. The van der Waals surface area contributed by atoms with Gasteiger partial charge in [0.1, 0.15) is 11.5 Å². The highest BCUT2D eigenvalue weighted by Crippen LogP contribution is 2.25. The number of piperazine rings is 1. The molecule has 0 bridgehead atoms. The third kappa shape index (κ3) is 4.40. The number of nitrogens with zero attached hydrogens (tertiary/aromatic N) is 4. The van der Waals surface area contributed by atoms with Crippen LogP contribution in [0, 0.1) is 13.8 Å². The molecule has 0 N–H and O–H groups in total. The van der Waals surface area contributed by atoms with E-state index >= 15 is 0 Å². The van der Waals surface area contributed by atoms with E-state index in [2.05, 4.69) is 26.1 Å². The summed E-state index contributed by atoms with van der Waals surface area (Å²) in [7, 11) is 0. The molecule has 0 amide bonds. The Morgan fingerprint density at radius 2 is 1.70 bits per heavy atom. The van der Waals surface area contributed by atoms with Gasteiger partial charge in [0.2, 0.25) is 5.89 Å². The minimum absolute atomic E-state index is 0.527. The van der Waals surface area contributed by atoms with Gasteiger partial charge in [0.15, 0.2) is 0 Å². The van der Waals surface area contributed by atoms with E-state index in [0.29, 0.717) is 18.3 Å². The summed E-state index contributed by atoms with van der Waals surface area (Å²) in [6, 6.07) is 10.0. The van der Waals surface area contributed by atoms with Crippen molar-refractivity contribution in [3.63, 3.8) is 0 Å². The lowest BCUT2D eigenvalue weighted by molar-refractivity contribution is 0.114. The molecule has 1 aliphatic heterocycles. The molecule has 0 spiro atoms. The molecule has 2 aromatic heterocycles. The third-order valence-corrected chi connectivity index (χ3v) is 5.09. The molecule has 0 unspecified atom stereocenters. The molecule has 1 fully saturated rings. The van der Waals surface area contributed by atoms with Gasteiger partial charge in [0, 0.05) is 37.7 Å². The smallest absolute Gasteiger partial charge is 0.251 e. The maximum Gasteiger partial charge on any atom is 0.251 e. The van der Waals surface area contributed by atoms with E-state index in [4.69, 9.17) is 20.4 Å². The number of benzene rings is 1. The zero-order valence-corrected chi connectivity index (χ0v) is 16.4. The zero-order chi connectivity index (χ0) is 18.8. The van der Waals surface area contributed by atoms with E-state index in [9.17, 15) is 0 Å². The van der Waals surface area contributed by atoms with Crippen LogP contribution in [0.25, 0.3) is 11.5 Å². The van der Waals surface area contributed by atoms with Crippen LogP contribution in [0.2, 0.25) is 5.02 Å². The van der Waals surface area contributed by atoms with Crippen molar-refractivity contribution in [2.24, 2.45) is 0 Å². The summed E-state index contributed by atoms with van der Waals surface area (Å²) in [5, 5.41) is 9.18. The first-order chi connectivity index (χ1) is 13.1. The largest absolute Gasteiger partial charge is 0.466 e. The van der Waals surface area contributed by atoms with Crippen LogP contribution < -0.4 is 0 Å². The molecule has 1 aliphatic rings. The Morgan fingerprint density at radius 1 is 0.963 bits per heavy atom. The van der Waals surface area contributed by atoms with Crippen LogP contribution in [0.3, 0.4) is 0 Å². The first-order valence-corrected chi connectivity index (χ1v) is 9.53. The Morgan fingerprint density at radius 3 is 2.37 bits per heavy atom. The molecule has 6 nitrogen and oxygen atoms in total. The first kappa shape index (κ1) is 18.2. The van der Waals surface area contributed by atoms with E-state index < -0.39 is 0 Å². The fourth-order valence-corrected chi connectivity index (χ4v) is 3.67. The average Bonchev–Trinajstić information content (AvgIpc) is 3.22. The Bertz CT molecular complexity index is 912. The van der Waals surface area contributed by atoms with E-state index in [0.717, 1.165) is 54.8 Å². The Kier molecular flexibility index (Phi) is 5.29. The van der Waals surface area contributed by atoms with Crippen molar-refractivity contribution in [1.29, 1.82) is 0 Å². The molecule has 1 aromatic carbocycles. The maximum absolute atomic E-state index is 6.08. The molecule has 27 heavy (non-hydrogen) atoms. The second kappa shape index (κ2) is 7.84. The topological polar surface area (TPSA) is 58.5 Å². The van der Waals surface area contributed by atoms with Crippen LogP contribution in [0.1, 0.15) is 23.0 Å². The summed E-state index contributed by atoms with van der Waals surface area (Å²) in [6.07, 6.45) is 0. The second-order valence-corrected chi connectivity index (χ2v) is 7.45. The summed E-state index contributed by atoms with van der Waals surface area (Å²) in [5.74, 6) is 2.82. The van der Waals surface area contributed by atoms with Crippen molar-refractivity contribution in [1.82, 2.24) is 20.0 Å². The normalized spacial score (nSPS) is 16.1. The van der Waals surface area contributed by atoms with Crippen LogP contribution in [0.4, 0.5) is 0 Å². The molecule has 142 valence electrons. The van der Waals surface area contributed by atoms with E-state index in [1.807, 2.05) is 38.1 Å². The maximum atomic E-state index is 6.08. The minimum atomic E-state index is 0.527. The van der Waals surface area contributed by atoms with Gasteiger partial charge in [-0.1, -0.05) is 23.7 Å². The van der Waals surface area contributed by atoms with Crippen molar-refractivity contribution in [2.75, 3.05) is 26.2 Å². The number of aromatic nitrogens is 2. The summed E-state index contributed by atoms with van der Waals surface area (Å²) in [4.78, 5) is 4.79. The molecule has 3 aromatic rings. The van der Waals surface area contributed by atoms with Gasteiger partial charge in [-0.15, -0.1) is 10.2 Å². The highest BCUT2D eigenvalue weighted by molar-refractivity contribution is 6.30. The monoisotopic (exact) mass is 386 g/mol. The van der Waals surface area contributed by atoms with Gasteiger partial charge < -0.3 is 8.83 Å². The molecule has 0 aliphatic carbocycles. The van der Waals surface area contributed by atoms with Crippen molar-refractivity contribution in [2.45, 2.75) is 26.9 Å². The van der Waals surface area contributed by atoms with Crippen LogP contribution >= 0.6 is 11.6 Å². The lowest BCUT2D eigenvalue weighted by Gasteiger charge is -2.33. The predicted molar refractivity (Wildman–Crippen MR) is 103 cm³/mol. The number of rotatable bonds is 5. The molecular formula is C20H23ClN4O2. The van der Waals surface area contributed by atoms with Gasteiger partial charge in [0.05, 0.1) is 12.1 Å².